The van der Waals surface area contributed by atoms with Crippen LogP contribution in [0.4, 0.5) is 0 Å². The third-order valence-corrected chi connectivity index (χ3v) is 4.92. The largest absolute Gasteiger partial charge is 0.346 e. The van der Waals surface area contributed by atoms with Gasteiger partial charge >= 0.3 is 11.8 Å². The van der Waals surface area contributed by atoms with Crippen LogP contribution in [0.25, 0.3) is 21.8 Å². The quantitative estimate of drug-likeness (QED) is 0.456. The highest BCUT2D eigenvalue weighted by molar-refractivity contribution is 7.17. The molecule has 0 saturated heterocycles. The number of aromatic nitrogens is 1. The van der Waals surface area contributed by atoms with Gasteiger partial charge in [0, 0.05) is 17.2 Å². The Hall–Kier alpha value is -3.52. The van der Waals surface area contributed by atoms with Gasteiger partial charge in [-0.05, 0) is 13.8 Å². The van der Waals surface area contributed by atoms with E-state index in [1.807, 2.05) is 60.7 Å². The standard InChI is InChI=1S/C21H20N4O3S/c1-13(2)22-19(27)20(28)25-24-18(26)17-16(14-9-5-3-6-10-14)23-21(29-17)15-11-7-4-8-12-15/h3-13H,1-2H3,(H,22,27)(H,24,26)(H,25,28). The molecule has 8 heteroatoms. The van der Waals surface area contributed by atoms with Gasteiger partial charge in [0.05, 0.1) is 5.69 Å². The minimum absolute atomic E-state index is 0.191. The minimum atomic E-state index is -0.943. The van der Waals surface area contributed by atoms with Crippen molar-refractivity contribution in [3.63, 3.8) is 0 Å². The van der Waals surface area contributed by atoms with Crippen molar-refractivity contribution in [2.24, 2.45) is 0 Å². The fourth-order valence-corrected chi connectivity index (χ4v) is 3.51. The first-order valence-corrected chi connectivity index (χ1v) is 9.80. The lowest BCUT2D eigenvalue weighted by Gasteiger charge is -2.09. The Morgan fingerprint density at radius 2 is 1.41 bits per heavy atom. The van der Waals surface area contributed by atoms with Crippen LogP contribution < -0.4 is 16.2 Å². The van der Waals surface area contributed by atoms with E-state index in [0.717, 1.165) is 11.1 Å². The van der Waals surface area contributed by atoms with Gasteiger partial charge in [-0.3, -0.25) is 25.2 Å². The summed E-state index contributed by atoms with van der Waals surface area (Å²) in [6, 6.07) is 18.6. The second-order valence-corrected chi connectivity index (χ2v) is 7.46. The third-order valence-electron chi connectivity index (χ3n) is 3.82. The van der Waals surface area contributed by atoms with E-state index in [2.05, 4.69) is 21.2 Å². The van der Waals surface area contributed by atoms with Gasteiger partial charge in [0.2, 0.25) is 0 Å². The zero-order valence-electron chi connectivity index (χ0n) is 15.9. The maximum atomic E-state index is 12.7. The molecule has 0 fully saturated rings. The molecule has 0 unspecified atom stereocenters. The number of hydrogen-bond acceptors (Lipinski definition) is 5. The summed E-state index contributed by atoms with van der Waals surface area (Å²) in [6.45, 7) is 3.47. The molecule has 3 N–H and O–H groups in total. The molecule has 0 bridgehead atoms. The first-order chi connectivity index (χ1) is 14.0. The van der Waals surface area contributed by atoms with Gasteiger partial charge in [-0.1, -0.05) is 60.7 Å². The number of hydrogen-bond donors (Lipinski definition) is 3. The Morgan fingerprint density at radius 1 is 0.828 bits per heavy atom. The Morgan fingerprint density at radius 3 is 2.00 bits per heavy atom. The van der Waals surface area contributed by atoms with Gasteiger partial charge in [-0.2, -0.15) is 0 Å². The number of benzene rings is 2. The van der Waals surface area contributed by atoms with Crippen LogP contribution in [0.1, 0.15) is 23.5 Å². The predicted octanol–water partition coefficient (Wildman–Crippen LogP) is 2.76. The maximum absolute atomic E-state index is 12.7. The van der Waals surface area contributed by atoms with E-state index in [0.29, 0.717) is 15.6 Å². The molecule has 3 aromatic rings. The molecule has 0 saturated carbocycles. The number of thiazole rings is 1. The van der Waals surface area contributed by atoms with Gasteiger partial charge in [0.25, 0.3) is 5.91 Å². The van der Waals surface area contributed by atoms with Gasteiger partial charge in [0.15, 0.2) is 0 Å². The number of rotatable bonds is 4. The molecule has 0 radical (unpaired) electrons. The molecular weight excluding hydrogens is 388 g/mol. The molecule has 0 spiro atoms. The fourth-order valence-electron chi connectivity index (χ4n) is 2.52. The van der Waals surface area contributed by atoms with Crippen molar-refractivity contribution >= 4 is 29.1 Å². The highest BCUT2D eigenvalue weighted by Gasteiger charge is 2.22. The average Bonchev–Trinajstić information content (AvgIpc) is 3.18. The molecule has 2 aromatic carbocycles. The van der Waals surface area contributed by atoms with Crippen molar-refractivity contribution < 1.29 is 14.4 Å². The van der Waals surface area contributed by atoms with Crippen molar-refractivity contribution in [2.75, 3.05) is 0 Å². The first-order valence-electron chi connectivity index (χ1n) is 8.98. The number of carbonyl (C=O) groups is 3. The number of carbonyl (C=O) groups excluding carboxylic acids is 3. The van der Waals surface area contributed by atoms with E-state index < -0.39 is 17.7 Å². The number of nitrogens with zero attached hydrogens (tertiary/aromatic N) is 1. The molecule has 0 atom stereocenters. The lowest BCUT2D eigenvalue weighted by molar-refractivity contribution is -0.139. The molecule has 1 heterocycles. The van der Waals surface area contributed by atoms with Gasteiger partial charge in [0.1, 0.15) is 9.88 Å². The summed E-state index contributed by atoms with van der Waals surface area (Å²) >= 11 is 1.21. The van der Waals surface area contributed by atoms with E-state index in [-0.39, 0.29) is 6.04 Å². The Balaban J connectivity index is 1.85. The van der Waals surface area contributed by atoms with Gasteiger partial charge < -0.3 is 5.32 Å². The predicted molar refractivity (Wildman–Crippen MR) is 112 cm³/mol. The lowest BCUT2D eigenvalue weighted by atomic mass is 10.1. The fraction of sp³-hybridized carbons (Fsp3) is 0.143. The van der Waals surface area contributed by atoms with E-state index in [1.165, 1.54) is 11.3 Å². The van der Waals surface area contributed by atoms with Crippen LogP contribution in [0.5, 0.6) is 0 Å². The summed E-state index contributed by atoms with van der Waals surface area (Å²) in [5, 5.41) is 3.14. The van der Waals surface area contributed by atoms with E-state index in [1.54, 1.807) is 13.8 Å². The summed E-state index contributed by atoms with van der Waals surface area (Å²) in [7, 11) is 0. The van der Waals surface area contributed by atoms with E-state index in [4.69, 9.17) is 0 Å². The van der Waals surface area contributed by atoms with Crippen molar-refractivity contribution in [1.29, 1.82) is 0 Å². The SMILES string of the molecule is CC(C)NC(=O)C(=O)NNC(=O)c1sc(-c2ccccc2)nc1-c1ccccc1. The second-order valence-electron chi connectivity index (χ2n) is 6.47. The normalized spacial score (nSPS) is 10.4. The Labute approximate surface area is 172 Å². The van der Waals surface area contributed by atoms with Crippen molar-refractivity contribution in [3.8, 4) is 21.8 Å². The van der Waals surface area contributed by atoms with Crippen LogP contribution in [0, 0.1) is 0 Å². The topological polar surface area (TPSA) is 100 Å². The molecule has 3 amide bonds. The van der Waals surface area contributed by atoms with Crippen molar-refractivity contribution in [2.45, 2.75) is 19.9 Å². The van der Waals surface area contributed by atoms with Crippen molar-refractivity contribution in [3.05, 3.63) is 65.5 Å². The zero-order valence-corrected chi connectivity index (χ0v) is 16.7. The second kappa shape index (κ2) is 9.11. The lowest BCUT2D eigenvalue weighted by Crippen LogP contribution is -2.49. The van der Waals surface area contributed by atoms with E-state index in [9.17, 15) is 14.4 Å². The molecule has 3 rings (SSSR count). The summed E-state index contributed by atoms with van der Waals surface area (Å²) in [4.78, 5) is 41.3. The van der Waals surface area contributed by atoms with Crippen LogP contribution >= 0.6 is 11.3 Å². The van der Waals surface area contributed by atoms with Gasteiger partial charge in [-0.25, -0.2) is 4.98 Å². The van der Waals surface area contributed by atoms with Gasteiger partial charge in [-0.15, -0.1) is 11.3 Å². The molecule has 0 aliphatic rings. The molecule has 1 aromatic heterocycles. The summed E-state index contributed by atoms with van der Waals surface area (Å²) in [5.41, 5.74) is 6.61. The molecule has 29 heavy (non-hydrogen) atoms. The molecule has 0 aliphatic heterocycles. The van der Waals surface area contributed by atoms with Crippen molar-refractivity contribution in [1.82, 2.24) is 21.2 Å². The monoisotopic (exact) mass is 408 g/mol. The molecule has 0 aliphatic carbocycles. The number of amides is 3. The molecule has 7 nitrogen and oxygen atoms in total. The highest BCUT2D eigenvalue weighted by Crippen LogP contribution is 2.33. The van der Waals surface area contributed by atoms with Crippen LogP contribution in [-0.2, 0) is 9.59 Å². The Kier molecular flexibility index (Phi) is 6.36. The molecular formula is C21H20N4O3S. The highest BCUT2D eigenvalue weighted by atomic mass is 32.1. The maximum Gasteiger partial charge on any atom is 0.327 e. The third kappa shape index (κ3) is 5.05. The Bertz CT molecular complexity index is 1020. The average molecular weight is 408 g/mol. The molecule has 148 valence electrons. The smallest absolute Gasteiger partial charge is 0.327 e. The van der Waals surface area contributed by atoms with Crippen LogP contribution in [0.15, 0.2) is 60.7 Å². The summed E-state index contributed by atoms with van der Waals surface area (Å²) < 4.78 is 0. The first kappa shape index (κ1) is 20.2. The zero-order chi connectivity index (χ0) is 20.8. The van der Waals surface area contributed by atoms with E-state index >= 15 is 0 Å². The minimum Gasteiger partial charge on any atom is -0.346 e. The number of nitrogens with one attached hydrogen (secondary N) is 3. The summed E-state index contributed by atoms with van der Waals surface area (Å²) in [6.07, 6.45) is 0. The summed E-state index contributed by atoms with van der Waals surface area (Å²) in [5.74, 6) is -2.31. The van der Waals surface area contributed by atoms with Crippen LogP contribution in [-0.4, -0.2) is 28.7 Å². The number of hydrazine groups is 1. The van der Waals surface area contributed by atoms with Crippen LogP contribution in [0.3, 0.4) is 0 Å². The van der Waals surface area contributed by atoms with Crippen LogP contribution in [0.2, 0.25) is 0 Å².